The molecule has 2 N–H and O–H groups in total. The summed E-state index contributed by atoms with van der Waals surface area (Å²) in [4.78, 5) is 25.7. The number of rotatable bonds is 4. The maximum atomic E-state index is 13.2. The van der Waals surface area contributed by atoms with E-state index in [-0.39, 0.29) is 41.0 Å². The zero-order valence-electron chi connectivity index (χ0n) is 18.3. The highest BCUT2D eigenvalue weighted by atomic mass is 32.2. The first kappa shape index (κ1) is 22.8. The number of benzene rings is 2. The van der Waals surface area contributed by atoms with Gasteiger partial charge in [0.15, 0.2) is 0 Å². The zero-order chi connectivity index (χ0) is 23.0. The molecule has 2 aliphatic heterocycles. The Labute approximate surface area is 193 Å². The molecule has 2 heterocycles. The van der Waals surface area contributed by atoms with Gasteiger partial charge in [-0.15, -0.1) is 11.8 Å². The van der Waals surface area contributed by atoms with E-state index in [0.717, 1.165) is 21.7 Å². The van der Waals surface area contributed by atoms with Gasteiger partial charge in [0.25, 0.3) is 0 Å². The quantitative estimate of drug-likeness (QED) is 0.705. The van der Waals surface area contributed by atoms with Gasteiger partial charge in [0, 0.05) is 29.6 Å². The molecule has 0 unspecified atom stereocenters. The van der Waals surface area contributed by atoms with Crippen LogP contribution in [0.2, 0.25) is 0 Å². The molecule has 2 aliphatic rings. The second-order valence-electron chi connectivity index (χ2n) is 8.32. The van der Waals surface area contributed by atoms with Crippen LogP contribution in [0.25, 0.3) is 0 Å². The molecule has 2 aromatic carbocycles. The van der Waals surface area contributed by atoms with Crippen molar-refractivity contribution >= 4 is 45.0 Å². The summed E-state index contributed by atoms with van der Waals surface area (Å²) >= 11 is 1.42. The second-order valence-corrected chi connectivity index (χ2v) is 11.6. The predicted molar refractivity (Wildman–Crippen MR) is 126 cm³/mol. The Balaban J connectivity index is 1.42. The third-order valence-corrected chi connectivity index (χ3v) is 9.28. The van der Waals surface area contributed by atoms with Crippen molar-refractivity contribution in [2.75, 3.05) is 23.7 Å². The molecule has 32 heavy (non-hydrogen) atoms. The van der Waals surface area contributed by atoms with Crippen LogP contribution in [0.3, 0.4) is 0 Å². The minimum absolute atomic E-state index is 0.0709. The van der Waals surface area contributed by atoms with Gasteiger partial charge in [0.05, 0.1) is 15.8 Å². The molecule has 9 heteroatoms. The monoisotopic (exact) mass is 473 g/mol. The van der Waals surface area contributed by atoms with E-state index in [9.17, 15) is 18.0 Å². The number of nitrogens with zero attached hydrogens (tertiary/aromatic N) is 1. The molecule has 0 bridgehead atoms. The molecule has 7 nitrogen and oxygen atoms in total. The van der Waals surface area contributed by atoms with Crippen LogP contribution in [0.4, 0.5) is 11.4 Å². The summed E-state index contributed by atoms with van der Waals surface area (Å²) in [6, 6.07) is 10.7. The standard InChI is InChI=1S/C23H27N3O4S2/c1-14-5-4-6-19(15(14)2)24-23(28)17-9-11-26(12-10-17)32(29,30)18-7-8-21-20(13-18)25-22(27)16(3)31-21/h4-8,13,16-17H,9-12H2,1-3H3,(H,24,28)(H,25,27)/t16-/m0/s1. The number of carbonyl (C=O) groups is 2. The highest BCUT2D eigenvalue weighted by molar-refractivity contribution is 8.01. The van der Waals surface area contributed by atoms with Crippen LogP contribution in [-0.2, 0) is 19.6 Å². The largest absolute Gasteiger partial charge is 0.326 e. The molecule has 4 rings (SSSR count). The van der Waals surface area contributed by atoms with Crippen molar-refractivity contribution in [1.82, 2.24) is 4.31 Å². The third-order valence-electron chi connectivity index (χ3n) is 6.21. The van der Waals surface area contributed by atoms with Gasteiger partial charge >= 0.3 is 0 Å². The molecule has 170 valence electrons. The number of anilines is 2. The Morgan fingerprint density at radius 3 is 2.59 bits per heavy atom. The normalized spacial score (nSPS) is 19.8. The van der Waals surface area contributed by atoms with Crippen molar-refractivity contribution in [3.63, 3.8) is 0 Å². The molecule has 2 amide bonds. The predicted octanol–water partition coefficient (Wildman–Crippen LogP) is 3.78. The van der Waals surface area contributed by atoms with E-state index in [2.05, 4.69) is 10.6 Å². The Kier molecular flexibility index (Phi) is 6.33. The summed E-state index contributed by atoms with van der Waals surface area (Å²) < 4.78 is 27.8. The Bertz CT molecular complexity index is 1170. The minimum atomic E-state index is -3.71. The summed E-state index contributed by atoms with van der Waals surface area (Å²) in [5.41, 5.74) is 3.47. The van der Waals surface area contributed by atoms with Gasteiger partial charge in [-0.2, -0.15) is 4.31 Å². The van der Waals surface area contributed by atoms with Gasteiger partial charge in [-0.1, -0.05) is 12.1 Å². The van der Waals surface area contributed by atoms with E-state index in [0.29, 0.717) is 18.5 Å². The van der Waals surface area contributed by atoms with Crippen molar-refractivity contribution in [2.24, 2.45) is 5.92 Å². The number of fused-ring (bicyclic) bond motifs is 1. The molecule has 1 atom stereocenters. The molecular weight excluding hydrogens is 446 g/mol. The lowest BCUT2D eigenvalue weighted by atomic mass is 9.97. The fourth-order valence-electron chi connectivity index (χ4n) is 3.98. The molecule has 2 aromatic rings. The minimum Gasteiger partial charge on any atom is -0.326 e. The number of piperidine rings is 1. The van der Waals surface area contributed by atoms with Gasteiger partial charge in [-0.05, 0) is 69.0 Å². The van der Waals surface area contributed by atoms with E-state index in [4.69, 9.17) is 0 Å². The lowest BCUT2D eigenvalue weighted by Crippen LogP contribution is -2.41. The fourth-order valence-corrected chi connectivity index (χ4v) is 6.40. The average Bonchev–Trinajstić information content (AvgIpc) is 2.77. The van der Waals surface area contributed by atoms with Crippen LogP contribution in [0.5, 0.6) is 0 Å². The number of hydrogen-bond donors (Lipinski definition) is 2. The number of carbonyl (C=O) groups excluding carboxylic acids is 2. The highest BCUT2D eigenvalue weighted by Crippen LogP contribution is 2.37. The average molecular weight is 474 g/mol. The Morgan fingerprint density at radius 2 is 1.88 bits per heavy atom. The zero-order valence-corrected chi connectivity index (χ0v) is 20.0. The third kappa shape index (κ3) is 4.42. The van der Waals surface area contributed by atoms with E-state index in [1.807, 2.05) is 39.0 Å². The fraction of sp³-hybridized carbons (Fsp3) is 0.391. The summed E-state index contributed by atoms with van der Waals surface area (Å²) in [7, 11) is -3.71. The SMILES string of the molecule is Cc1cccc(NC(=O)C2CCN(S(=O)(=O)c3ccc4c(c3)NC(=O)[C@H](C)S4)CC2)c1C. The van der Waals surface area contributed by atoms with Crippen molar-refractivity contribution in [3.05, 3.63) is 47.5 Å². The van der Waals surface area contributed by atoms with E-state index in [1.54, 1.807) is 12.1 Å². The number of sulfonamides is 1. The van der Waals surface area contributed by atoms with Gasteiger partial charge < -0.3 is 10.6 Å². The first-order valence-corrected chi connectivity index (χ1v) is 13.0. The number of thioether (sulfide) groups is 1. The lowest BCUT2D eigenvalue weighted by molar-refractivity contribution is -0.121. The first-order chi connectivity index (χ1) is 15.2. The van der Waals surface area contributed by atoms with Gasteiger partial charge in [-0.3, -0.25) is 9.59 Å². The second kappa shape index (κ2) is 8.88. The summed E-state index contributed by atoms with van der Waals surface area (Å²) in [6.45, 7) is 6.35. The van der Waals surface area contributed by atoms with E-state index in [1.165, 1.54) is 22.1 Å². The molecule has 1 fully saturated rings. The van der Waals surface area contributed by atoms with Crippen molar-refractivity contribution in [3.8, 4) is 0 Å². The van der Waals surface area contributed by atoms with Crippen molar-refractivity contribution in [1.29, 1.82) is 0 Å². The summed E-state index contributed by atoms with van der Waals surface area (Å²) in [6.07, 6.45) is 0.927. The molecule has 0 radical (unpaired) electrons. The molecular formula is C23H27N3O4S2. The molecule has 1 saturated heterocycles. The van der Waals surface area contributed by atoms with Crippen LogP contribution < -0.4 is 10.6 Å². The Morgan fingerprint density at radius 1 is 1.16 bits per heavy atom. The maximum absolute atomic E-state index is 13.2. The van der Waals surface area contributed by atoms with Gasteiger partial charge in [0.1, 0.15) is 0 Å². The summed E-state index contributed by atoms with van der Waals surface area (Å²) in [5.74, 6) is -0.437. The first-order valence-electron chi connectivity index (χ1n) is 10.7. The number of hydrogen-bond acceptors (Lipinski definition) is 5. The number of nitrogens with one attached hydrogen (secondary N) is 2. The highest BCUT2D eigenvalue weighted by Gasteiger charge is 2.33. The van der Waals surface area contributed by atoms with Crippen LogP contribution in [0, 0.1) is 19.8 Å². The van der Waals surface area contributed by atoms with E-state index >= 15 is 0 Å². The van der Waals surface area contributed by atoms with Crippen LogP contribution in [0.15, 0.2) is 46.2 Å². The molecule has 0 aliphatic carbocycles. The van der Waals surface area contributed by atoms with Crippen LogP contribution >= 0.6 is 11.8 Å². The van der Waals surface area contributed by atoms with Gasteiger partial charge in [-0.25, -0.2) is 8.42 Å². The number of aryl methyl sites for hydroxylation is 1. The molecule has 0 spiro atoms. The molecule has 0 saturated carbocycles. The van der Waals surface area contributed by atoms with Crippen LogP contribution in [-0.4, -0.2) is 42.9 Å². The molecule has 0 aromatic heterocycles. The smallest absolute Gasteiger partial charge is 0.243 e. The van der Waals surface area contributed by atoms with Crippen molar-refractivity contribution < 1.29 is 18.0 Å². The van der Waals surface area contributed by atoms with E-state index < -0.39 is 10.0 Å². The van der Waals surface area contributed by atoms with Crippen LogP contribution in [0.1, 0.15) is 30.9 Å². The number of amides is 2. The van der Waals surface area contributed by atoms with Gasteiger partial charge in [0.2, 0.25) is 21.8 Å². The lowest BCUT2D eigenvalue weighted by Gasteiger charge is -2.31. The summed E-state index contributed by atoms with van der Waals surface area (Å²) in [5, 5.41) is 5.57. The van der Waals surface area contributed by atoms with Crippen molar-refractivity contribution in [2.45, 2.75) is 48.7 Å². The topological polar surface area (TPSA) is 95.6 Å². The maximum Gasteiger partial charge on any atom is 0.243 e. The Hall–Kier alpha value is -2.36.